The van der Waals surface area contributed by atoms with Crippen LogP contribution in [0.2, 0.25) is 0 Å². The summed E-state index contributed by atoms with van der Waals surface area (Å²) < 4.78 is 25.1. The number of ether oxygens (including phenoxy) is 2. The van der Waals surface area contributed by atoms with Crippen molar-refractivity contribution >= 4 is 5.91 Å². The van der Waals surface area contributed by atoms with Gasteiger partial charge in [-0.1, -0.05) is 50.8 Å². The summed E-state index contributed by atoms with van der Waals surface area (Å²) in [5.41, 5.74) is 2.56. The van der Waals surface area contributed by atoms with Crippen molar-refractivity contribution in [2.75, 3.05) is 19.9 Å². The third-order valence-corrected chi connectivity index (χ3v) is 5.38. The zero-order valence-electron chi connectivity index (χ0n) is 20.9. The summed E-state index contributed by atoms with van der Waals surface area (Å²) in [6.07, 6.45) is 11.1. The molecule has 0 radical (unpaired) electrons. The minimum Gasteiger partial charge on any atom is -0.490 e. The zero-order valence-corrected chi connectivity index (χ0v) is 20.9. The van der Waals surface area contributed by atoms with Crippen LogP contribution in [0.25, 0.3) is 0 Å². The van der Waals surface area contributed by atoms with Gasteiger partial charge in [-0.2, -0.15) is 0 Å². The van der Waals surface area contributed by atoms with Crippen LogP contribution in [0.1, 0.15) is 77.8 Å². The minimum absolute atomic E-state index is 0.0345. The van der Waals surface area contributed by atoms with E-state index in [2.05, 4.69) is 31.8 Å². The number of allylic oxidation sites excluding steroid dienone is 4. The normalized spacial score (nSPS) is 13.7. The molecule has 0 saturated carbocycles. The van der Waals surface area contributed by atoms with Gasteiger partial charge in [0.1, 0.15) is 12.4 Å². The highest BCUT2D eigenvalue weighted by atomic mass is 19.1. The number of rotatable bonds is 17. The standard InChI is InChI=1S/C28H42FNO3/c1-6-19-32-20-11-9-8-10-12-26(21-29)22(3)13-16-27(7-2)33-28-17-14-25(15-18-28)23(4)30-24(5)31/h9,11-12,14-15,17-18,23,27H,3,6-8,10,13,16,19-21H2,1-2,4-5H3,(H,30,31). The number of hydrogen-bond acceptors (Lipinski definition) is 3. The van der Waals surface area contributed by atoms with Crippen LogP contribution in [0.3, 0.4) is 0 Å². The third-order valence-electron chi connectivity index (χ3n) is 5.38. The summed E-state index contributed by atoms with van der Waals surface area (Å²) in [7, 11) is 0. The molecule has 2 atom stereocenters. The first-order valence-corrected chi connectivity index (χ1v) is 12.1. The number of carbonyl (C=O) groups is 1. The number of alkyl halides is 1. The lowest BCUT2D eigenvalue weighted by molar-refractivity contribution is -0.119. The predicted octanol–water partition coefficient (Wildman–Crippen LogP) is 7.04. The van der Waals surface area contributed by atoms with E-state index >= 15 is 0 Å². The fourth-order valence-electron chi connectivity index (χ4n) is 3.39. The summed E-state index contributed by atoms with van der Waals surface area (Å²) in [6, 6.07) is 7.75. The minimum atomic E-state index is -0.492. The fraction of sp³-hybridized carbons (Fsp3) is 0.536. The smallest absolute Gasteiger partial charge is 0.217 e. The summed E-state index contributed by atoms with van der Waals surface area (Å²) in [6.45, 7) is 12.7. The van der Waals surface area contributed by atoms with Gasteiger partial charge in [-0.25, -0.2) is 4.39 Å². The van der Waals surface area contributed by atoms with Crippen LogP contribution in [0.4, 0.5) is 4.39 Å². The van der Waals surface area contributed by atoms with Gasteiger partial charge in [0.25, 0.3) is 0 Å². The maximum Gasteiger partial charge on any atom is 0.217 e. The van der Waals surface area contributed by atoms with Crippen molar-refractivity contribution in [1.82, 2.24) is 5.32 Å². The van der Waals surface area contributed by atoms with Crippen LogP contribution in [0.5, 0.6) is 5.75 Å². The molecule has 0 spiro atoms. The molecule has 1 aromatic carbocycles. The first-order valence-electron chi connectivity index (χ1n) is 12.1. The number of amides is 1. The molecular weight excluding hydrogens is 417 g/mol. The Bertz CT molecular complexity index is 755. The highest BCUT2D eigenvalue weighted by Crippen LogP contribution is 2.23. The second-order valence-corrected chi connectivity index (χ2v) is 8.27. The molecule has 2 unspecified atom stereocenters. The van der Waals surface area contributed by atoms with Crippen molar-refractivity contribution in [2.24, 2.45) is 0 Å². The van der Waals surface area contributed by atoms with Gasteiger partial charge in [0.05, 0.1) is 18.8 Å². The van der Waals surface area contributed by atoms with Gasteiger partial charge in [0.2, 0.25) is 5.91 Å². The Balaban J connectivity index is 2.48. The Kier molecular flexibility index (Phi) is 14.9. The van der Waals surface area contributed by atoms with E-state index in [-0.39, 0.29) is 18.1 Å². The molecule has 0 fully saturated rings. The van der Waals surface area contributed by atoms with E-state index in [0.717, 1.165) is 55.6 Å². The monoisotopic (exact) mass is 459 g/mol. The molecule has 0 aliphatic carbocycles. The molecule has 1 N–H and O–H groups in total. The molecule has 1 amide bonds. The van der Waals surface area contributed by atoms with Gasteiger partial charge in [0.15, 0.2) is 0 Å². The van der Waals surface area contributed by atoms with Crippen LogP contribution in [0, 0.1) is 0 Å². The molecule has 0 aliphatic rings. The largest absolute Gasteiger partial charge is 0.490 e. The van der Waals surface area contributed by atoms with E-state index in [1.807, 2.05) is 43.3 Å². The highest BCUT2D eigenvalue weighted by Gasteiger charge is 2.12. The Hall–Kier alpha value is -2.40. The van der Waals surface area contributed by atoms with Gasteiger partial charge >= 0.3 is 0 Å². The number of benzene rings is 1. The topological polar surface area (TPSA) is 47.6 Å². The van der Waals surface area contributed by atoms with Crippen molar-refractivity contribution in [1.29, 1.82) is 0 Å². The SMILES string of the molecule is C=C(CCC(CC)Oc1ccc(C(C)NC(C)=O)cc1)C(=CCCC=CCOCCC)CF. The number of carbonyl (C=O) groups excluding carboxylic acids is 1. The molecule has 0 bridgehead atoms. The van der Waals surface area contributed by atoms with E-state index in [1.165, 1.54) is 6.92 Å². The highest BCUT2D eigenvalue weighted by molar-refractivity contribution is 5.73. The average Bonchev–Trinajstić information content (AvgIpc) is 2.80. The predicted molar refractivity (Wildman–Crippen MR) is 135 cm³/mol. The molecule has 184 valence electrons. The molecule has 0 saturated heterocycles. The second-order valence-electron chi connectivity index (χ2n) is 8.27. The van der Waals surface area contributed by atoms with E-state index in [1.54, 1.807) is 0 Å². The van der Waals surface area contributed by atoms with Crippen molar-refractivity contribution in [2.45, 2.75) is 78.4 Å². The molecule has 0 aromatic heterocycles. The Morgan fingerprint density at radius 2 is 1.91 bits per heavy atom. The van der Waals surface area contributed by atoms with Crippen molar-refractivity contribution in [3.8, 4) is 5.75 Å². The molecule has 1 aromatic rings. The Morgan fingerprint density at radius 3 is 2.52 bits per heavy atom. The van der Waals surface area contributed by atoms with E-state index in [0.29, 0.717) is 18.6 Å². The number of unbranched alkanes of at least 4 members (excludes halogenated alkanes) is 1. The van der Waals surface area contributed by atoms with Gasteiger partial charge in [-0.3, -0.25) is 4.79 Å². The molecule has 4 nitrogen and oxygen atoms in total. The summed E-state index contributed by atoms with van der Waals surface area (Å²) in [4.78, 5) is 11.2. The van der Waals surface area contributed by atoms with Crippen molar-refractivity contribution in [3.05, 3.63) is 65.8 Å². The Labute approximate surface area is 199 Å². The lowest BCUT2D eigenvalue weighted by Gasteiger charge is -2.19. The summed E-state index contributed by atoms with van der Waals surface area (Å²) in [5.74, 6) is 0.742. The summed E-state index contributed by atoms with van der Waals surface area (Å²) >= 11 is 0. The number of nitrogens with one attached hydrogen (secondary N) is 1. The average molecular weight is 460 g/mol. The molecule has 33 heavy (non-hydrogen) atoms. The van der Waals surface area contributed by atoms with Crippen LogP contribution in [-0.2, 0) is 9.53 Å². The van der Waals surface area contributed by atoms with Gasteiger partial charge in [0, 0.05) is 13.5 Å². The zero-order chi connectivity index (χ0) is 24.5. The van der Waals surface area contributed by atoms with Gasteiger partial charge in [-0.15, -0.1) is 0 Å². The van der Waals surface area contributed by atoms with Crippen molar-refractivity contribution < 1.29 is 18.7 Å². The first kappa shape index (κ1) is 28.6. The molecule has 1 rings (SSSR count). The molecule has 0 heterocycles. The fourth-order valence-corrected chi connectivity index (χ4v) is 3.39. The first-order chi connectivity index (χ1) is 15.9. The van der Waals surface area contributed by atoms with Crippen LogP contribution in [-0.4, -0.2) is 31.9 Å². The Morgan fingerprint density at radius 1 is 1.18 bits per heavy atom. The van der Waals surface area contributed by atoms with Crippen LogP contribution >= 0.6 is 0 Å². The van der Waals surface area contributed by atoms with Crippen LogP contribution in [0.15, 0.2) is 60.2 Å². The number of hydrogen-bond donors (Lipinski definition) is 1. The van der Waals surface area contributed by atoms with Gasteiger partial charge < -0.3 is 14.8 Å². The lowest BCUT2D eigenvalue weighted by atomic mass is 9.99. The maximum absolute atomic E-state index is 13.5. The van der Waals surface area contributed by atoms with Gasteiger partial charge in [-0.05, 0) is 74.3 Å². The maximum atomic E-state index is 13.5. The lowest BCUT2D eigenvalue weighted by Crippen LogP contribution is -2.23. The second kappa shape index (κ2) is 17.1. The van der Waals surface area contributed by atoms with E-state index in [9.17, 15) is 9.18 Å². The quantitative estimate of drug-likeness (QED) is 0.154. The van der Waals surface area contributed by atoms with E-state index in [4.69, 9.17) is 9.47 Å². The van der Waals surface area contributed by atoms with Crippen LogP contribution < -0.4 is 10.1 Å². The third kappa shape index (κ3) is 12.4. The molecular formula is C28H42FNO3. The molecule has 5 heteroatoms. The summed E-state index contributed by atoms with van der Waals surface area (Å²) in [5, 5.41) is 2.88. The number of halogens is 1. The molecule has 0 aliphatic heterocycles. The van der Waals surface area contributed by atoms with Crippen molar-refractivity contribution in [3.63, 3.8) is 0 Å². The van der Waals surface area contributed by atoms with E-state index < -0.39 is 6.67 Å².